The summed E-state index contributed by atoms with van der Waals surface area (Å²) < 4.78 is 7.38. The maximum atomic E-state index is 12.4. The first-order valence-corrected chi connectivity index (χ1v) is 18.9. The van der Waals surface area contributed by atoms with E-state index in [4.69, 9.17) is 4.43 Å². The molecule has 1 unspecified atom stereocenters. The molecular weight excluding hydrogens is 480 g/mol. The van der Waals surface area contributed by atoms with Crippen LogP contribution in [0.3, 0.4) is 0 Å². The highest BCUT2D eigenvalue weighted by Gasteiger charge is 2.60. The summed E-state index contributed by atoms with van der Waals surface area (Å²) in [5, 5.41) is 0.233. The predicted molar refractivity (Wildman–Crippen MR) is 165 cm³/mol. The number of ketones is 1. The molecule has 0 heterocycles. The minimum absolute atomic E-state index is 0.139. The fraction of sp³-hybridized carbons (Fsp3) is 0.857. The van der Waals surface area contributed by atoms with Crippen LogP contribution in [0.1, 0.15) is 127 Å². The predicted octanol–water partition coefficient (Wildman–Crippen LogP) is 10.3. The van der Waals surface area contributed by atoms with Gasteiger partial charge >= 0.3 is 0 Å². The number of carbonyl (C=O) groups is 1. The van der Waals surface area contributed by atoms with Crippen LogP contribution in [0.25, 0.3) is 0 Å². The molecule has 0 aromatic carbocycles. The van der Waals surface area contributed by atoms with Crippen LogP contribution < -0.4 is 0 Å². The molecule has 0 bridgehead atoms. The zero-order valence-corrected chi connectivity index (χ0v) is 28.1. The minimum atomic E-state index is -1.88. The largest absolute Gasteiger partial charge is 0.413 e. The molecule has 1 fully saturated rings. The highest BCUT2D eigenvalue weighted by molar-refractivity contribution is 6.74. The number of carbonyl (C=O) groups excluding carboxylic acids is 1. The number of rotatable bonds is 7. The molecule has 0 aromatic rings. The first-order chi connectivity index (χ1) is 17.4. The van der Waals surface area contributed by atoms with Gasteiger partial charge in [0.25, 0.3) is 0 Å². The van der Waals surface area contributed by atoms with Crippen LogP contribution in [0.4, 0.5) is 0 Å². The van der Waals surface area contributed by atoms with E-state index >= 15 is 0 Å². The van der Waals surface area contributed by atoms with Gasteiger partial charge < -0.3 is 4.43 Å². The Balaban J connectivity index is 1.67. The fourth-order valence-corrected chi connectivity index (χ4v) is 10.6. The molecule has 0 aliphatic heterocycles. The second-order valence-corrected chi connectivity index (χ2v) is 21.5. The molecule has 0 radical (unpaired) electrons. The summed E-state index contributed by atoms with van der Waals surface area (Å²) in [5.41, 5.74) is 5.97. The van der Waals surface area contributed by atoms with Crippen molar-refractivity contribution in [1.29, 1.82) is 0 Å². The molecule has 0 aromatic heterocycles. The summed E-state index contributed by atoms with van der Waals surface area (Å²) in [4.78, 5) is 12.4. The van der Waals surface area contributed by atoms with Crippen LogP contribution in [-0.4, -0.2) is 20.2 Å². The van der Waals surface area contributed by atoms with Crippen molar-refractivity contribution in [1.82, 2.24) is 0 Å². The van der Waals surface area contributed by atoms with Gasteiger partial charge in [-0.25, -0.2) is 0 Å². The zero-order valence-electron chi connectivity index (χ0n) is 27.1. The molecule has 38 heavy (non-hydrogen) atoms. The van der Waals surface area contributed by atoms with Gasteiger partial charge in [-0.3, -0.25) is 4.79 Å². The van der Waals surface area contributed by atoms with Crippen LogP contribution in [0.5, 0.6) is 0 Å². The number of allylic oxidation sites excluding steroid dienone is 3. The Bertz CT molecular complexity index is 992. The Morgan fingerprint density at radius 3 is 2.32 bits per heavy atom. The molecule has 0 saturated heterocycles. The lowest BCUT2D eigenvalue weighted by atomic mass is 9.46. The van der Waals surface area contributed by atoms with Crippen molar-refractivity contribution in [3.05, 3.63) is 22.8 Å². The van der Waals surface area contributed by atoms with Gasteiger partial charge in [-0.1, -0.05) is 80.9 Å². The van der Waals surface area contributed by atoms with E-state index in [1.807, 2.05) is 13.8 Å². The lowest BCUT2D eigenvalue weighted by Crippen LogP contribution is -2.58. The molecule has 4 aliphatic carbocycles. The Morgan fingerprint density at radius 2 is 1.71 bits per heavy atom. The Kier molecular flexibility index (Phi) is 7.97. The SMILES string of the molecule is CC(C)C(=O)CC[C@@H](C)[C@H]1CC=C2C3=C(CC[C@@]21C)[C@@]1(C)C(O[Si](C)(C)C(C)(C)C)CCC(C)(C)[C@@H]1CC3. The Labute approximate surface area is 237 Å². The molecule has 0 N–H and O–H groups in total. The molecule has 3 heteroatoms. The Hall–Kier alpha value is -0.673. The highest BCUT2D eigenvalue weighted by Crippen LogP contribution is 2.67. The van der Waals surface area contributed by atoms with Gasteiger partial charge in [0.15, 0.2) is 8.32 Å². The first-order valence-electron chi connectivity index (χ1n) is 16.0. The van der Waals surface area contributed by atoms with Crippen molar-refractivity contribution in [2.45, 2.75) is 151 Å². The third-order valence-corrected chi connectivity index (χ3v) is 17.2. The van der Waals surface area contributed by atoms with Crippen molar-refractivity contribution >= 4 is 14.1 Å². The van der Waals surface area contributed by atoms with E-state index in [2.05, 4.69) is 74.6 Å². The van der Waals surface area contributed by atoms with Crippen molar-refractivity contribution in [3.8, 4) is 0 Å². The van der Waals surface area contributed by atoms with Crippen molar-refractivity contribution in [2.24, 2.45) is 39.9 Å². The Morgan fingerprint density at radius 1 is 1.05 bits per heavy atom. The zero-order chi connectivity index (χ0) is 28.5. The second kappa shape index (κ2) is 10.0. The topological polar surface area (TPSA) is 26.3 Å². The summed E-state index contributed by atoms with van der Waals surface area (Å²) >= 11 is 0. The van der Waals surface area contributed by atoms with Gasteiger partial charge in [-0.2, -0.15) is 0 Å². The molecule has 4 aliphatic rings. The average Bonchev–Trinajstić information content (AvgIpc) is 3.15. The molecule has 216 valence electrons. The van der Waals surface area contributed by atoms with Crippen LogP contribution in [0.2, 0.25) is 18.1 Å². The van der Waals surface area contributed by atoms with Gasteiger partial charge in [-0.15, -0.1) is 0 Å². The van der Waals surface area contributed by atoms with E-state index in [9.17, 15) is 4.79 Å². The van der Waals surface area contributed by atoms with Gasteiger partial charge in [0.2, 0.25) is 0 Å². The van der Waals surface area contributed by atoms with Gasteiger partial charge in [0.1, 0.15) is 5.78 Å². The number of hydrogen-bond donors (Lipinski definition) is 0. The summed E-state index contributed by atoms with van der Waals surface area (Å²) in [6, 6.07) is 0. The summed E-state index contributed by atoms with van der Waals surface area (Å²) in [7, 11) is -1.88. The van der Waals surface area contributed by atoms with Gasteiger partial charge in [-0.05, 0) is 109 Å². The minimum Gasteiger partial charge on any atom is -0.413 e. The van der Waals surface area contributed by atoms with Gasteiger partial charge in [0.05, 0.1) is 6.10 Å². The third kappa shape index (κ3) is 4.88. The molecule has 0 spiro atoms. The maximum Gasteiger partial charge on any atom is 0.192 e. The maximum absolute atomic E-state index is 12.4. The standard InChI is InChI=1S/C35H60O2Si/c1-23(2)29(36)17-13-24(3)26-15-16-27-25-14-18-30-33(7,8)21-20-31(37-38(11,12)32(4,5)6)35(30,10)28(25)19-22-34(26,27)9/h16,23-24,26,30-31H,13-15,17-22H2,1-12H3/t24-,26-,30+,31?,34-,35-/m1/s1. The highest BCUT2D eigenvalue weighted by atomic mass is 28.4. The normalized spacial score (nSPS) is 35.9. The van der Waals surface area contributed by atoms with E-state index in [0.29, 0.717) is 35.1 Å². The second-order valence-electron chi connectivity index (χ2n) is 16.7. The van der Waals surface area contributed by atoms with Crippen LogP contribution in [0.15, 0.2) is 22.8 Å². The monoisotopic (exact) mass is 540 g/mol. The molecular formula is C35H60O2Si. The average molecular weight is 541 g/mol. The lowest BCUT2D eigenvalue weighted by molar-refractivity contribution is -0.122. The molecule has 0 amide bonds. The van der Waals surface area contributed by atoms with Crippen LogP contribution in [-0.2, 0) is 9.22 Å². The number of hydrogen-bond acceptors (Lipinski definition) is 2. The van der Waals surface area contributed by atoms with Crippen molar-refractivity contribution in [3.63, 3.8) is 0 Å². The van der Waals surface area contributed by atoms with E-state index in [1.54, 1.807) is 16.7 Å². The quantitative estimate of drug-likeness (QED) is 0.300. The smallest absolute Gasteiger partial charge is 0.192 e. The van der Waals surface area contributed by atoms with E-state index < -0.39 is 8.32 Å². The summed E-state index contributed by atoms with van der Waals surface area (Å²) in [6.07, 6.45) is 13.5. The van der Waals surface area contributed by atoms with Gasteiger partial charge in [0, 0.05) is 17.8 Å². The molecule has 2 nitrogen and oxygen atoms in total. The third-order valence-electron chi connectivity index (χ3n) is 12.7. The molecule has 1 saturated carbocycles. The van der Waals surface area contributed by atoms with E-state index in [1.165, 1.54) is 44.9 Å². The molecule has 6 atom stereocenters. The summed E-state index contributed by atoms with van der Waals surface area (Å²) in [5.74, 6) is 2.55. The van der Waals surface area contributed by atoms with Crippen LogP contribution in [0, 0.1) is 39.9 Å². The fourth-order valence-electron chi connectivity index (χ4n) is 9.13. The first kappa shape index (κ1) is 30.3. The van der Waals surface area contributed by atoms with Crippen molar-refractivity contribution < 1.29 is 9.22 Å². The molecule has 4 rings (SSSR count). The van der Waals surface area contributed by atoms with Crippen LogP contribution >= 0.6 is 0 Å². The van der Waals surface area contributed by atoms with E-state index in [-0.39, 0.29) is 21.8 Å². The summed E-state index contributed by atoms with van der Waals surface area (Å²) in [6.45, 7) is 28.9. The number of fused-ring (bicyclic) bond motifs is 4. The van der Waals surface area contributed by atoms with Crippen molar-refractivity contribution in [2.75, 3.05) is 0 Å². The number of Topliss-reactive ketones (excluding diaryl/α,β-unsaturated/α-hetero) is 1. The lowest BCUT2D eigenvalue weighted by Gasteiger charge is -2.62. The van der Waals surface area contributed by atoms with E-state index in [0.717, 1.165) is 12.8 Å².